The van der Waals surface area contributed by atoms with Crippen LogP contribution in [0.2, 0.25) is 25.3 Å². The molecule has 4 aromatic carbocycles. The van der Waals surface area contributed by atoms with Crippen LogP contribution in [0, 0.1) is 23.7 Å². The molecule has 4 aliphatic heterocycles. The van der Waals surface area contributed by atoms with Crippen molar-refractivity contribution in [2.75, 3.05) is 26.4 Å². The van der Waals surface area contributed by atoms with Gasteiger partial charge < -0.3 is 78.9 Å². The molecule has 16 nitrogen and oxygen atoms in total. The lowest BCUT2D eigenvalue weighted by molar-refractivity contribution is 0.239. The number of fused-ring (bicyclic) bond motifs is 16. The molecule has 0 fully saturated rings. The molecular weight excluding hydrogens is 1110 g/mol. The average molecular weight is 1210 g/mol. The number of hydrogen-bond acceptors (Lipinski definition) is 16. The molecule has 0 saturated carbocycles. The zero-order chi connectivity index (χ0) is 63.4. The number of phenols is 4. The predicted molar refractivity (Wildman–Crippen MR) is 354 cm³/mol. The SMILES string of the molecule is CCB1OC[C@H](C)NCc2c(O)c3cc(c2O1)C(CC(C)C)c1cc(c2c(c1O)CN[C@@H](C)COB(CC)O2)C(CC(C)C)c1cc(c2c(c1O)CN[C@@H](C)COB(CC)O2)C(CC(C)C)c1cc(c2c(c1O)CN[C@@H](C)COB(CC)O2)C3CC(C)C. The van der Waals surface area contributed by atoms with E-state index >= 15 is 0 Å². The Morgan fingerprint density at radius 1 is 0.352 bits per heavy atom. The first-order valence-corrected chi connectivity index (χ1v) is 33.6. The number of benzene rings is 4. The molecule has 0 saturated heterocycles. The van der Waals surface area contributed by atoms with Crippen molar-refractivity contribution in [2.45, 2.75) is 236 Å². The van der Waals surface area contributed by atoms with Crippen molar-refractivity contribution >= 4 is 28.5 Å². The molecule has 0 radical (unpaired) electrons. The quantitative estimate of drug-likeness (QED) is 0.0622. The van der Waals surface area contributed by atoms with Gasteiger partial charge in [0.2, 0.25) is 0 Å². The molecule has 1 aliphatic carbocycles. The minimum absolute atomic E-state index is 0.0834. The van der Waals surface area contributed by atoms with E-state index in [2.05, 4.69) is 129 Å². The van der Waals surface area contributed by atoms with E-state index in [0.29, 0.717) is 145 Å². The van der Waals surface area contributed by atoms with Gasteiger partial charge >= 0.3 is 28.5 Å². The van der Waals surface area contributed by atoms with E-state index in [4.69, 9.17) is 37.2 Å². The van der Waals surface area contributed by atoms with Crippen LogP contribution in [-0.4, -0.2) is 99.5 Å². The summed E-state index contributed by atoms with van der Waals surface area (Å²) in [6.07, 6.45) is 4.41. The fraction of sp³-hybridized carbons (Fsp3) is 0.647. The van der Waals surface area contributed by atoms with Crippen LogP contribution in [0.25, 0.3) is 0 Å². The van der Waals surface area contributed by atoms with Gasteiger partial charge in [0.15, 0.2) is 0 Å². The van der Waals surface area contributed by atoms with Gasteiger partial charge in [-0.3, -0.25) is 0 Å². The van der Waals surface area contributed by atoms with Crippen molar-refractivity contribution in [1.29, 1.82) is 0 Å². The van der Waals surface area contributed by atoms with Gasteiger partial charge in [-0.15, -0.1) is 0 Å². The lowest BCUT2D eigenvalue weighted by Gasteiger charge is -2.35. The van der Waals surface area contributed by atoms with E-state index in [1.54, 1.807) is 0 Å². The maximum Gasteiger partial charge on any atom is 0.525 e. The number of phenolic OH excluding ortho intramolecular Hbond substituents is 4. The van der Waals surface area contributed by atoms with E-state index in [1.807, 2.05) is 27.7 Å². The van der Waals surface area contributed by atoms with Crippen LogP contribution in [0.1, 0.15) is 227 Å². The second-order valence-electron chi connectivity index (χ2n) is 27.9. The van der Waals surface area contributed by atoms with Gasteiger partial charge in [0.1, 0.15) is 46.0 Å². The Morgan fingerprint density at radius 3 is 0.716 bits per heavy atom. The summed E-state index contributed by atoms with van der Waals surface area (Å²) >= 11 is 0. The molecule has 5 aliphatic rings. The van der Waals surface area contributed by atoms with E-state index in [9.17, 15) is 20.4 Å². The van der Waals surface area contributed by atoms with Gasteiger partial charge in [0.25, 0.3) is 0 Å². The van der Waals surface area contributed by atoms with Crippen molar-refractivity contribution in [3.8, 4) is 46.0 Å². The Hall–Kier alpha value is -4.78. The summed E-state index contributed by atoms with van der Waals surface area (Å²) in [5.41, 5.74) is 8.28. The molecule has 88 heavy (non-hydrogen) atoms. The molecular formula is C68H104B4N4O12. The smallest absolute Gasteiger partial charge is 0.525 e. The van der Waals surface area contributed by atoms with Crippen LogP contribution in [-0.2, 0) is 44.8 Å². The fourth-order valence-corrected chi connectivity index (χ4v) is 13.7. The molecule has 8 atom stereocenters. The standard InChI is InChI=1S/C68H104B4N4O12/c1-17-69-81-33-41(13)73-29-57-61(77)49-25-53(65(57)85-69)45(21-37(5)6)50-26-54(66-58(62(50)78)30-74-42(14)34-82-70(18-2)86-66)47(23-39(9)10)52-28-56(68-60(64(52)80)32-76-44(16)36-84-72(20-4)88-68)48(24-40(11)12)51-27-55(46(49)22-38(7)8)67-59(63(51)79)31-75-43(15)35-83-71(19-3)87-67/h25-28,37-48,73-80H,17-24,29-36H2,1-16H3/t41-,42-,43-,44-,45?,46?,47?,48?/m0/s1. The molecule has 4 aromatic rings. The van der Waals surface area contributed by atoms with Crippen LogP contribution < -0.4 is 39.9 Å². The van der Waals surface area contributed by atoms with Gasteiger partial charge in [-0.1, -0.05) is 83.1 Å². The average Bonchev–Trinajstić information content (AvgIpc) is 0.867. The Bertz CT molecular complexity index is 2640. The van der Waals surface area contributed by atoms with Crippen molar-refractivity contribution < 1.29 is 57.7 Å². The van der Waals surface area contributed by atoms with Crippen molar-refractivity contribution in [3.05, 3.63) is 91.0 Å². The monoisotopic (exact) mass is 1210 g/mol. The Balaban J connectivity index is 1.56. The van der Waals surface area contributed by atoms with Crippen molar-refractivity contribution in [1.82, 2.24) is 21.3 Å². The van der Waals surface area contributed by atoms with E-state index in [1.165, 1.54) is 0 Å². The topological polar surface area (TPSA) is 203 Å². The van der Waals surface area contributed by atoms with Crippen molar-refractivity contribution in [3.63, 3.8) is 0 Å². The minimum Gasteiger partial charge on any atom is -0.535 e. The highest BCUT2D eigenvalue weighted by Crippen LogP contribution is 2.57. The number of nitrogens with one attached hydrogen (secondary N) is 4. The minimum atomic E-state index is -0.659. The second-order valence-corrected chi connectivity index (χ2v) is 27.9. The second kappa shape index (κ2) is 29.7. The summed E-state index contributed by atoms with van der Waals surface area (Å²) in [4.78, 5) is 0. The third kappa shape index (κ3) is 14.9. The van der Waals surface area contributed by atoms with Crippen LogP contribution in [0.15, 0.2) is 24.3 Å². The molecule has 0 amide bonds. The maximum absolute atomic E-state index is 13.7. The lowest BCUT2D eigenvalue weighted by Crippen LogP contribution is -2.33. The number of hydrogen-bond donors (Lipinski definition) is 8. The first-order valence-electron chi connectivity index (χ1n) is 33.6. The summed E-state index contributed by atoms with van der Waals surface area (Å²) < 4.78 is 55.4. The first-order chi connectivity index (χ1) is 42.0. The molecule has 4 heterocycles. The molecule has 0 aromatic heterocycles. The molecule has 4 unspecified atom stereocenters. The molecule has 0 spiro atoms. The van der Waals surface area contributed by atoms with E-state index < -0.39 is 52.1 Å². The van der Waals surface area contributed by atoms with Gasteiger partial charge in [-0.05, 0) is 127 Å². The largest absolute Gasteiger partial charge is 0.535 e. The molecule has 480 valence electrons. The fourth-order valence-electron chi connectivity index (χ4n) is 13.7. The molecule has 8 bridgehead atoms. The molecule has 9 rings (SSSR count). The normalized spacial score (nSPS) is 24.0. The zero-order valence-electron chi connectivity index (χ0n) is 55.9. The first kappa shape index (κ1) is 67.6. The number of rotatable bonds is 12. The zero-order valence-corrected chi connectivity index (χ0v) is 55.9. The summed E-state index contributed by atoms with van der Waals surface area (Å²) in [6, 6.07) is 8.23. The highest BCUT2D eigenvalue weighted by Gasteiger charge is 2.42. The van der Waals surface area contributed by atoms with Gasteiger partial charge in [0, 0.05) is 167 Å². The van der Waals surface area contributed by atoms with E-state index in [0.717, 1.165) is 22.3 Å². The van der Waals surface area contributed by atoms with E-state index in [-0.39, 0.29) is 97.0 Å². The number of aromatic hydroxyl groups is 4. The summed E-state index contributed by atoms with van der Waals surface area (Å²) in [5, 5.41) is 69.7. The molecule has 8 N–H and O–H groups in total. The van der Waals surface area contributed by atoms with Gasteiger partial charge in [-0.25, -0.2) is 0 Å². The van der Waals surface area contributed by atoms with Crippen LogP contribution in [0.3, 0.4) is 0 Å². The highest BCUT2D eigenvalue weighted by molar-refractivity contribution is 6.46. The maximum atomic E-state index is 13.7. The van der Waals surface area contributed by atoms with Crippen LogP contribution in [0.5, 0.6) is 46.0 Å². The molecule has 20 heteroatoms. The third-order valence-corrected chi connectivity index (χ3v) is 18.4. The van der Waals surface area contributed by atoms with Crippen LogP contribution in [0.4, 0.5) is 0 Å². The summed E-state index contributed by atoms with van der Waals surface area (Å²) in [5.74, 6) is 0.566. The predicted octanol–water partition coefficient (Wildman–Crippen LogP) is 13.1. The van der Waals surface area contributed by atoms with Crippen molar-refractivity contribution in [2.24, 2.45) is 23.7 Å². The van der Waals surface area contributed by atoms with Gasteiger partial charge in [0.05, 0.1) is 0 Å². The third-order valence-electron chi connectivity index (χ3n) is 18.4. The summed E-state index contributed by atoms with van der Waals surface area (Å²) in [7, 11) is -2.64. The van der Waals surface area contributed by atoms with Crippen LogP contribution >= 0.6 is 0 Å². The van der Waals surface area contributed by atoms with Gasteiger partial charge in [-0.2, -0.15) is 0 Å². The Morgan fingerprint density at radius 2 is 0.545 bits per heavy atom. The summed E-state index contributed by atoms with van der Waals surface area (Å²) in [6.45, 7) is 36.8. The Labute approximate surface area is 527 Å². The Kier molecular flexibility index (Phi) is 22.8. The lowest BCUT2D eigenvalue weighted by atomic mass is 9.72. The highest BCUT2D eigenvalue weighted by atomic mass is 16.6.